The van der Waals surface area contributed by atoms with Crippen molar-refractivity contribution in [1.29, 1.82) is 0 Å². The Hall–Kier alpha value is -1.73. The van der Waals surface area contributed by atoms with Gasteiger partial charge < -0.3 is 11.1 Å². The summed E-state index contributed by atoms with van der Waals surface area (Å²) >= 11 is 0. The molecule has 0 radical (unpaired) electrons. The van der Waals surface area contributed by atoms with Gasteiger partial charge in [-0.1, -0.05) is 6.42 Å². The van der Waals surface area contributed by atoms with E-state index in [1.165, 1.54) is 10.9 Å². The Morgan fingerprint density at radius 1 is 1.52 bits per heavy atom. The summed E-state index contributed by atoms with van der Waals surface area (Å²) in [5, 5.41) is 6.60. The van der Waals surface area contributed by atoms with Crippen LogP contribution in [-0.2, 0) is 18.4 Å². The quantitative estimate of drug-likeness (QED) is 0.897. The molecule has 1 heterocycles. The van der Waals surface area contributed by atoms with Gasteiger partial charge in [-0.25, -0.2) is 0 Å². The van der Waals surface area contributed by atoms with E-state index in [9.17, 15) is 18.0 Å². The minimum atomic E-state index is -4.22. The van der Waals surface area contributed by atoms with Crippen molar-refractivity contribution < 1.29 is 18.0 Å². The number of alkyl halides is 3. The number of amides is 1. The first-order valence-corrected chi connectivity index (χ1v) is 6.89. The fraction of sp³-hybridized carbons (Fsp3) is 0.692. The summed E-state index contributed by atoms with van der Waals surface area (Å²) in [6.45, 7) is 0.186. The van der Waals surface area contributed by atoms with Crippen LogP contribution in [0.25, 0.3) is 0 Å². The number of nitrogens with zero attached hydrogens (tertiary/aromatic N) is 2. The highest BCUT2D eigenvalue weighted by molar-refractivity contribution is 5.78. The lowest BCUT2D eigenvalue weighted by atomic mass is 9.80. The third kappa shape index (κ3) is 3.68. The van der Waals surface area contributed by atoms with E-state index in [4.69, 9.17) is 5.73 Å². The topological polar surface area (TPSA) is 72.9 Å². The van der Waals surface area contributed by atoms with Crippen LogP contribution in [0.3, 0.4) is 0 Å². The lowest BCUT2D eigenvalue weighted by Crippen LogP contribution is -2.37. The van der Waals surface area contributed by atoms with E-state index in [0.29, 0.717) is 24.2 Å². The van der Waals surface area contributed by atoms with Crippen molar-refractivity contribution >= 4 is 11.7 Å². The van der Waals surface area contributed by atoms with E-state index < -0.39 is 18.0 Å². The van der Waals surface area contributed by atoms with Crippen molar-refractivity contribution in [3.63, 3.8) is 0 Å². The van der Waals surface area contributed by atoms with Crippen molar-refractivity contribution in [3.05, 3.63) is 11.8 Å². The van der Waals surface area contributed by atoms with Gasteiger partial charge in [0, 0.05) is 25.1 Å². The molecule has 1 saturated carbocycles. The molecule has 3 N–H and O–H groups in total. The maximum Gasteiger partial charge on any atom is 0.391 e. The highest BCUT2D eigenvalue weighted by atomic mass is 19.4. The Bertz CT molecular complexity index is 512. The van der Waals surface area contributed by atoms with Crippen molar-refractivity contribution in [3.8, 4) is 0 Å². The fourth-order valence-corrected chi connectivity index (χ4v) is 2.68. The number of carbonyl (C=O) groups excluding carboxylic acids is 1. The van der Waals surface area contributed by atoms with Gasteiger partial charge in [-0.05, 0) is 19.3 Å². The zero-order valence-corrected chi connectivity index (χ0v) is 11.8. The first-order chi connectivity index (χ1) is 9.79. The number of carbonyl (C=O) groups is 1. The maximum absolute atomic E-state index is 12.7. The van der Waals surface area contributed by atoms with Crippen LogP contribution in [0.15, 0.2) is 6.20 Å². The molecule has 2 rings (SSSR count). The van der Waals surface area contributed by atoms with Crippen LogP contribution in [0, 0.1) is 11.8 Å². The molecule has 0 spiro atoms. The largest absolute Gasteiger partial charge is 0.391 e. The van der Waals surface area contributed by atoms with Crippen molar-refractivity contribution in [2.45, 2.75) is 38.4 Å². The molecule has 0 aromatic carbocycles. The average Bonchev–Trinajstić information content (AvgIpc) is 2.75. The summed E-state index contributed by atoms with van der Waals surface area (Å²) in [6, 6.07) is 0. The predicted molar refractivity (Wildman–Crippen MR) is 71.0 cm³/mol. The maximum atomic E-state index is 12.7. The molecule has 1 amide bonds. The molecule has 118 valence electrons. The molecule has 1 aromatic heterocycles. The number of nitrogens with two attached hydrogens (primary N) is 1. The SMILES string of the molecule is Cn1ncc(CNC(=O)C2CCCC(C(F)(F)F)C2)c1N. The van der Waals surface area contributed by atoms with E-state index >= 15 is 0 Å². The highest BCUT2D eigenvalue weighted by Crippen LogP contribution is 2.39. The molecule has 21 heavy (non-hydrogen) atoms. The van der Waals surface area contributed by atoms with E-state index in [1.807, 2.05) is 0 Å². The molecule has 1 aliphatic carbocycles. The second-order valence-electron chi connectivity index (χ2n) is 5.50. The van der Waals surface area contributed by atoms with Crippen LogP contribution in [0.5, 0.6) is 0 Å². The van der Waals surface area contributed by atoms with E-state index in [2.05, 4.69) is 10.4 Å². The van der Waals surface area contributed by atoms with Crippen LogP contribution < -0.4 is 11.1 Å². The molecule has 1 aromatic rings. The molecule has 8 heteroatoms. The lowest BCUT2D eigenvalue weighted by molar-refractivity contribution is -0.186. The molecule has 2 unspecified atom stereocenters. The molecule has 5 nitrogen and oxygen atoms in total. The van der Waals surface area contributed by atoms with Crippen LogP contribution >= 0.6 is 0 Å². The number of nitrogens with one attached hydrogen (secondary N) is 1. The molecule has 1 fully saturated rings. The highest BCUT2D eigenvalue weighted by Gasteiger charge is 2.43. The molecular formula is C13H19F3N4O. The number of hydrogen-bond acceptors (Lipinski definition) is 3. The van der Waals surface area contributed by atoms with Crippen molar-refractivity contribution in [2.75, 3.05) is 5.73 Å². The number of hydrogen-bond donors (Lipinski definition) is 2. The Morgan fingerprint density at radius 2 is 2.24 bits per heavy atom. The number of halogens is 3. The predicted octanol–water partition coefficient (Wildman–Crippen LogP) is 1.99. The number of anilines is 1. The smallest absolute Gasteiger partial charge is 0.384 e. The Kier molecular flexibility index (Phi) is 4.43. The van der Waals surface area contributed by atoms with E-state index in [1.54, 1.807) is 7.05 Å². The minimum Gasteiger partial charge on any atom is -0.384 e. The van der Waals surface area contributed by atoms with Gasteiger partial charge in [-0.3, -0.25) is 9.48 Å². The zero-order valence-electron chi connectivity index (χ0n) is 11.8. The molecule has 0 saturated heterocycles. The summed E-state index contributed by atoms with van der Waals surface area (Å²) < 4.78 is 39.6. The monoisotopic (exact) mass is 304 g/mol. The number of nitrogen functional groups attached to an aromatic ring is 1. The normalized spacial score (nSPS) is 23.0. The van der Waals surface area contributed by atoms with E-state index in [-0.39, 0.29) is 25.3 Å². The zero-order chi connectivity index (χ0) is 15.6. The average molecular weight is 304 g/mol. The molecular weight excluding hydrogens is 285 g/mol. The molecule has 0 bridgehead atoms. The standard InChI is InChI=1S/C13H19F3N4O/c1-20-11(17)9(7-19-20)6-18-12(21)8-3-2-4-10(5-8)13(14,15)16/h7-8,10H,2-6,17H2,1H3,(H,18,21). The van der Waals surface area contributed by atoms with Gasteiger partial charge in [0.25, 0.3) is 0 Å². The summed E-state index contributed by atoms with van der Waals surface area (Å²) in [5.74, 6) is -1.85. The Balaban J connectivity index is 1.90. The van der Waals surface area contributed by atoms with Crippen LogP contribution in [0.4, 0.5) is 19.0 Å². The van der Waals surface area contributed by atoms with Gasteiger partial charge in [0.2, 0.25) is 5.91 Å². The van der Waals surface area contributed by atoms with Crippen molar-refractivity contribution in [1.82, 2.24) is 15.1 Å². The summed E-state index contributed by atoms with van der Waals surface area (Å²) in [4.78, 5) is 12.0. The third-order valence-corrected chi connectivity index (χ3v) is 4.03. The summed E-state index contributed by atoms with van der Waals surface area (Å²) in [6.07, 6.45) is -1.76. The summed E-state index contributed by atoms with van der Waals surface area (Å²) in [5.41, 5.74) is 6.41. The van der Waals surface area contributed by atoms with Crippen LogP contribution in [-0.4, -0.2) is 21.9 Å². The molecule has 2 atom stereocenters. The van der Waals surface area contributed by atoms with Gasteiger partial charge in [0.1, 0.15) is 5.82 Å². The van der Waals surface area contributed by atoms with Gasteiger partial charge in [-0.2, -0.15) is 18.3 Å². The second-order valence-corrected chi connectivity index (χ2v) is 5.50. The van der Waals surface area contributed by atoms with Gasteiger partial charge in [-0.15, -0.1) is 0 Å². The number of aromatic nitrogens is 2. The Morgan fingerprint density at radius 3 is 2.81 bits per heavy atom. The second kappa shape index (κ2) is 5.95. The number of rotatable bonds is 3. The van der Waals surface area contributed by atoms with Gasteiger partial charge >= 0.3 is 6.18 Å². The van der Waals surface area contributed by atoms with Crippen LogP contribution in [0.2, 0.25) is 0 Å². The lowest BCUT2D eigenvalue weighted by Gasteiger charge is -2.29. The number of aryl methyl sites for hydroxylation is 1. The Labute approximate surface area is 120 Å². The van der Waals surface area contributed by atoms with E-state index in [0.717, 1.165) is 0 Å². The summed E-state index contributed by atoms with van der Waals surface area (Å²) in [7, 11) is 1.68. The fourth-order valence-electron chi connectivity index (χ4n) is 2.68. The third-order valence-electron chi connectivity index (χ3n) is 4.03. The molecule has 1 aliphatic rings. The first kappa shape index (κ1) is 15.7. The van der Waals surface area contributed by atoms with Gasteiger partial charge in [0.15, 0.2) is 0 Å². The van der Waals surface area contributed by atoms with Crippen molar-refractivity contribution in [2.24, 2.45) is 18.9 Å². The molecule has 0 aliphatic heterocycles. The van der Waals surface area contributed by atoms with Crippen LogP contribution in [0.1, 0.15) is 31.2 Å². The van der Waals surface area contributed by atoms with Gasteiger partial charge in [0.05, 0.1) is 12.1 Å². The minimum absolute atomic E-state index is 0.114. The first-order valence-electron chi connectivity index (χ1n) is 6.89.